The molecular formula is C19H16Cl2N6O3S. The van der Waals surface area contributed by atoms with E-state index in [1.165, 1.54) is 40.9 Å². The quantitative estimate of drug-likeness (QED) is 0.474. The summed E-state index contributed by atoms with van der Waals surface area (Å²) < 4.78 is 3.65. The van der Waals surface area contributed by atoms with Gasteiger partial charge in [0.25, 0.3) is 5.56 Å². The summed E-state index contributed by atoms with van der Waals surface area (Å²) in [5.41, 5.74) is 0.258. The van der Waals surface area contributed by atoms with Crippen molar-refractivity contribution < 1.29 is 4.79 Å². The van der Waals surface area contributed by atoms with Crippen molar-refractivity contribution in [3.05, 3.63) is 72.0 Å². The van der Waals surface area contributed by atoms with Gasteiger partial charge in [-0.25, -0.2) is 14.8 Å². The largest absolute Gasteiger partial charge is 0.332 e. The summed E-state index contributed by atoms with van der Waals surface area (Å²) in [5.74, 6) is -0.378. The topological polar surface area (TPSA) is 104 Å². The second kappa shape index (κ2) is 8.29. The molecule has 0 aliphatic carbocycles. The minimum Gasteiger partial charge on any atom is -0.315 e. The number of carbonyl (C=O) groups is 1. The van der Waals surface area contributed by atoms with Crippen LogP contribution < -0.4 is 16.6 Å². The zero-order valence-electron chi connectivity index (χ0n) is 16.4. The van der Waals surface area contributed by atoms with Gasteiger partial charge in [0.15, 0.2) is 16.3 Å². The Balaban J connectivity index is 1.51. The van der Waals surface area contributed by atoms with E-state index in [0.717, 1.165) is 15.0 Å². The molecule has 1 N–H and O–H groups in total. The van der Waals surface area contributed by atoms with Gasteiger partial charge in [-0.3, -0.25) is 18.7 Å². The lowest BCUT2D eigenvalue weighted by Gasteiger charge is -2.06. The molecule has 4 rings (SSSR count). The van der Waals surface area contributed by atoms with E-state index in [1.54, 1.807) is 12.3 Å². The Hall–Kier alpha value is -2.95. The number of imidazole rings is 1. The van der Waals surface area contributed by atoms with Crippen LogP contribution in [0.25, 0.3) is 11.2 Å². The van der Waals surface area contributed by atoms with Gasteiger partial charge in [0.05, 0.1) is 16.4 Å². The Morgan fingerprint density at radius 3 is 2.71 bits per heavy atom. The number of anilines is 1. The minimum atomic E-state index is -0.515. The van der Waals surface area contributed by atoms with E-state index < -0.39 is 11.2 Å². The molecule has 3 aromatic heterocycles. The lowest BCUT2D eigenvalue weighted by molar-refractivity contribution is -0.116. The second-order valence-electron chi connectivity index (χ2n) is 6.82. The fourth-order valence-corrected chi connectivity index (χ4v) is 4.39. The molecule has 1 aromatic carbocycles. The Morgan fingerprint density at radius 1 is 1.16 bits per heavy atom. The number of nitrogens with one attached hydrogen (secondary N) is 1. The standard InChI is InChI=1S/C19H16Cl2N6O3S/c1-25-16-15(17(29)26(2)19(25)30)27(9-23-16)8-13(28)24-18-22-7-11(31-18)6-10-4-3-5-12(20)14(10)21/h3-5,7,9H,6,8H2,1-2H3,(H,22,24,28). The molecule has 1 amide bonds. The Morgan fingerprint density at radius 2 is 1.94 bits per heavy atom. The third-order valence-electron chi connectivity index (χ3n) is 4.73. The molecule has 0 saturated heterocycles. The second-order valence-corrected chi connectivity index (χ2v) is 8.72. The van der Waals surface area contributed by atoms with Crippen LogP contribution in [0, 0.1) is 0 Å². The number of aromatic nitrogens is 5. The van der Waals surface area contributed by atoms with Crippen LogP contribution in [0.1, 0.15) is 10.4 Å². The molecule has 0 radical (unpaired) electrons. The number of carbonyl (C=O) groups excluding carboxylic acids is 1. The van der Waals surface area contributed by atoms with Gasteiger partial charge in [-0.05, 0) is 11.6 Å². The Bertz CT molecular complexity index is 1430. The number of benzene rings is 1. The molecule has 0 unspecified atom stereocenters. The molecule has 4 aromatic rings. The van der Waals surface area contributed by atoms with Crippen LogP contribution in [0.4, 0.5) is 5.13 Å². The smallest absolute Gasteiger partial charge is 0.315 e. The molecule has 0 bridgehead atoms. The van der Waals surface area contributed by atoms with E-state index in [1.807, 2.05) is 12.1 Å². The van der Waals surface area contributed by atoms with Crippen molar-refractivity contribution in [1.29, 1.82) is 0 Å². The van der Waals surface area contributed by atoms with Gasteiger partial charge in [0, 0.05) is 31.6 Å². The van der Waals surface area contributed by atoms with Crippen LogP contribution in [0.3, 0.4) is 0 Å². The highest BCUT2D eigenvalue weighted by molar-refractivity contribution is 7.15. The molecule has 31 heavy (non-hydrogen) atoms. The van der Waals surface area contributed by atoms with E-state index in [-0.39, 0.29) is 23.6 Å². The first-order valence-electron chi connectivity index (χ1n) is 9.04. The van der Waals surface area contributed by atoms with E-state index >= 15 is 0 Å². The minimum absolute atomic E-state index is 0.154. The number of halogens is 2. The number of hydrogen-bond acceptors (Lipinski definition) is 6. The van der Waals surface area contributed by atoms with E-state index in [9.17, 15) is 14.4 Å². The number of nitrogens with zero attached hydrogens (tertiary/aromatic N) is 5. The van der Waals surface area contributed by atoms with Gasteiger partial charge in [-0.15, -0.1) is 11.3 Å². The monoisotopic (exact) mass is 478 g/mol. The van der Waals surface area contributed by atoms with Crippen molar-refractivity contribution in [2.75, 3.05) is 5.32 Å². The fraction of sp³-hybridized carbons (Fsp3) is 0.211. The Labute approximate surface area is 189 Å². The maximum atomic E-state index is 12.5. The summed E-state index contributed by atoms with van der Waals surface area (Å²) in [6, 6.07) is 5.42. The first-order chi connectivity index (χ1) is 14.8. The summed E-state index contributed by atoms with van der Waals surface area (Å²) >= 11 is 13.6. The highest BCUT2D eigenvalue weighted by Crippen LogP contribution is 2.29. The van der Waals surface area contributed by atoms with Gasteiger partial charge < -0.3 is 9.88 Å². The van der Waals surface area contributed by atoms with Crippen molar-refractivity contribution in [3.8, 4) is 0 Å². The van der Waals surface area contributed by atoms with Crippen LogP contribution in [0.15, 0.2) is 40.3 Å². The molecule has 9 nitrogen and oxygen atoms in total. The number of amides is 1. The fourth-order valence-electron chi connectivity index (χ4n) is 3.15. The number of aryl methyl sites for hydroxylation is 1. The van der Waals surface area contributed by atoms with Gasteiger partial charge in [0.1, 0.15) is 6.54 Å². The summed E-state index contributed by atoms with van der Waals surface area (Å²) in [6.45, 7) is -0.154. The zero-order valence-corrected chi connectivity index (χ0v) is 18.8. The predicted octanol–water partition coefficient (Wildman–Crippen LogP) is 2.43. The summed E-state index contributed by atoms with van der Waals surface area (Å²) in [6.07, 6.45) is 3.55. The normalized spacial score (nSPS) is 11.2. The molecule has 12 heteroatoms. The highest BCUT2D eigenvalue weighted by Gasteiger charge is 2.17. The summed E-state index contributed by atoms with van der Waals surface area (Å²) in [7, 11) is 2.90. The van der Waals surface area contributed by atoms with Crippen molar-refractivity contribution in [2.24, 2.45) is 14.1 Å². The lowest BCUT2D eigenvalue weighted by Crippen LogP contribution is -2.37. The molecule has 0 aliphatic heterocycles. The van der Waals surface area contributed by atoms with Crippen LogP contribution in [-0.4, -0.2) is 29.6 Å². The van der Waals surface area contributed by atoms with E-state index in [4.69, 9.17) is 23.2 Å². The highest BCUT2D eigenvalue weighted by atomic mass is 35.5. The predicted molar refractivity (Wildman–Crippen MR) is 120 cm³/mol. The summed E-state index contributed by atoms with van der Waals surface area (Å²) in [5, 5.41) is 4.11. The Kier molecular flexibility index (Phi) is 5.69. The van der Waals surface area contributed by atoms with Gasteiger partial charge in [-0.1, -0.05) is 35.3 Å². The molecule has 0 saturated carbocycles. The van der Waals surface area contributed by atoms with Crippen molar-refractivity contribution in [1.82, 2.24) is 23.7 Å². The van der Waals surface area contributed by atoms with Crippen LogP contribution in [0.2, 0.25) is 10.0 Å². The maximum Gasteiger partial charge on any atom is 0.332 e. The number of thiazole rings is 1. The first-order valence-corrected chi connectivity index (χ1v) is 10.6. The third-order valence-corrected chi connectivity index (χ3v) is 6.50. The van der Waals surface area contributed by atoms with Crippen molar-refractivity contribution in [3.63, 3.8) is 0 Å². The van der Waals surface area contributed by atoms with Crippen molar-refractivity contribution >= 4 is 56.7 Å². The molecular weight excluding hydrogens is 463 g/mol. The number of hydrogen-bond donors (Lipinski definition) is 1. The zero-order chi connectivity index (χ0) is 22.3. The maximum absolute atomic E-state index is 12.5. The van der Waals surface area contributed by atoms with Crippen LogP contribution in [-0.2, 0) is 31.9 Å². The lowest BCUT2D eigenvalue weighted by atomic mass is 10.1. The van der Waals surface area contributed by atoms with Crippen molar-refractivity contribution in [2.45, 2.75) is 13.0 Å². The number of fused-ring (bicyclic) bond motifs is 1. The average molecular weight is 479 g/mol. The first kappa shape index (κ1) is 21.3. The van der Waals surface area contributed by atoms with Gasteiger partial charge >= 0.3 is 5.69 Å². The SMILES string of the molecule is Cn1c(=O)c2c(ncn2CC(=O)Nc2ncc(Cc3cccc(Cl)c3Cl)s2)n(C)c1=O. The molecule has 0 spiro atoms. The van der Waals surface area contributed by atoms with E-state index in [0.29, 0.717) is 21.6 Å². The molecule has 3 heterocycles. The summed E-state index contributed by atoms with van der Waals surface area (Å²) in [4.78, 5) is 46.3. The van der Waals surface area contributed by atoms with E-state index in [2.05, 4.69) is 15.3 Å². The molecule has 0 aliphatic rings. The molecule has 0 fully saturated rings. The number of rotatable bonds is 5. The molecule has 160 valence electrons. The average Bonchev–Trinajstić information content (AvgIpc) is 3.35. The van der Waals surface area contributed by atoms with Crippen LogP contribution in [0.5, 0.6) is 0 Å². The molecule has 0 atom stereocenters. The third kappa shape index (κ3) is 4.01. The van der Waals surface area contributed by atoms with Gasteiger partial charge in [-0.2, -0.15) is 0 Å². The van der Waals surface area contributed by atoms with Gasteiger partial charge in [0.2, 0.25) is 5.91 Å². The van der Waals surface area contributed by atoms with Crippen LogP contribution >= 0.6 is 34.5 Å².